The Kier molecular flexibility index (Phi) is 5.52. The lowest BCUT2D eigenvalue weighted by molar-refractivity contribution is -0.143. The van der Waals surface area contributed by atoms with Gasteiger partial charge in [-0.15, -0.1) is 0 Å². The Morgan fingerprint density at radius 2 is 1.73 bits per heavy atom. The van der Waals surface area contributed by atoms with Crippen LogP contribution in [0.5, 0.6) is 0 Å². The van der Waals surface area contributed by atoms with Crippen LogP contribution in [0.2, 0.25) is 0 Å². The molecule has 0 aliphatic carbocycles. The van der Waals surface area contributed by atoms with Crippen molar-refractivity contribution in [2.24, 2.45) is 0 Å². The first-order valence-electron chi connectivity index (χ1n) is 10.6. The monoisotopic (exact) mass is 407 g/mol. The summed E-state index contributed by atoms with van der Waals surface area (Å²) in [6.45, 7) is 16.3. The molecule has 30 heavy (non-hydrogen) atoms. The zero-order chi connectivity index (χ0) is 22.4. The number of benzene rings is 1. The van der Waals surface area contributed by atoms with Crippen molar-refractivity contribution in [1.29, 1.82) is 0 Å². The number of carbonyl (C=O) groups is 1. The molecule has 0 amide bonds. The number of aryl methyl sites for hydroxylation is 3. The molecule has 3 rings (SSSR count). The largest absolute Gasteiger partial charge is 0.481 e. The molecule has 0 saturated heterocycles. The first-order valence-corrected chi connectivity index (χ1v) is 10.6. The standard InChI is InChI=1S/C25H33N3O2/c1-9-12-25(8,23(29)30)21-17(4)26-20-14-19(24(5,6)7)27-28(20)22(21)18-11-10-15(2)16(3)13-18/h10-11,13-14H,9,12H2,1-8H3,(H,29,30). The average molecular weight is 408 g/mol. The van der Waals surface area contributed by atoms with Crippen LogP contribution in [0.4, 0.5) is 0 Å². The lowest BCUT2D eigenvalue weighted by Gasteiger charge is -2.29. The van der Waals surface area contributed by atoms with Crippen LogP contribution < -0.4 is 0 Å². The fourth-order valence-electron chi connectivity index (χ4n) is 4.14. The zero-order valence-electron chi connectivity index (χ0n) is 19.4. The molecule has 2 aromatic heterocycles. The molecule has 0 saturated carbocycles. The number of aliphatic carboxylic acids is 1. The molecule has 0 bridgehead atoms. The van der Waals surface area contributed by atoms with E-state index in [-0.39, 0.29) is 5.41 Å². The topological polar surface area (TPSA) is 67.5 Å². The van der Waals surface area contributed by atoms with E-state index in [9.17, 15) is 9.90 Å². The van der Waals surface area contributed by atoms with Gasteiger partial charge in [-0.2, -0.15) is 5.10 Å². The van der Waals surface area contributed by atoms with Gasteiger partial charge in [0.2, 0.25) is 0 Å². The highest BCUT2D eigenvalue weighted by Gasteiger charge is 2.40. The summed E-state index contributed by atoms with van der Waals surface area (Å²) >= 11 is 0. The van der Waals surface area contributed by atoms with Crippen LogP contribution in [0.15, 0.2) is 24.3 Å². The fraction of sp³-hybridized carbons (Fsp3) is 0.480. The summed E-state index contributed by atoms with van der Waals surface area (Å²) < 4.78 is 1.85. The zero-order valence-corrected chi connectivity index (χ0v) is 19.4. The third-order valence-electron chi connectivity index (χ3n) is 6.11. The van der Waals surface area contributed by atoms with Gasteiger partial charge in [-0.25, -0.2) is 9.50 Å². The van der Waals surface area contributed by atoms with Crippen LogP contribution in [-0.2, 0) is 15.6 Å². The highest BCUT2D eigenvalue weighted by molar-refractivity contribution is 5.85. The number of carboxylic acid groups (broad SMARTS) is 1. The lowest BCUT2D eigenvalue weighted by atomic mass is 9.76. The third kappa shape index (κ3) is 3.62. The van der Waals surface area contributed by atoms with Crippen LogP contribution in [0.3, 0.4) is 0 Å². The summed E-state index contributed by atoms with van der Waals surface area (Å²) in [7, 11) is 0. The van der Waals surface area contributed by atoms with E-state index in [4.69, 9.17) is 10.1 Å². The molecule has 0 radical (unpaired) electrons. The van der Waals surface area contributed by atoms with E-state index in [1.807, 2.05) is 31.4 Å². The van der Waals surface area contributed by atoms with Crippen molar-refractivity contribution >= 4 is 11.6 Å². The maximum atomic E-state index is 12.5. The molecule has 1 unspecified atom stereocenters. The Balaban J connectivity index is 2.50. The van der Waals surface area contributed by atoms with Gasteiger partial charge in [-0.05, 0) is 51.3 Å². The molecular weight excluding hydrogens is 374 g/mol. The van der Waals surface area contributed by atoms with Gasteiger partial charge >= 0.3 is 5.97 Å². The minimum absolute atomic E-state index is 0.137. The number of hydrogen-bond donors (Lipinski definition) is 1. The number of nitrogens with zero attached hydrogens (tertiary/aromatic N) is 3. The van der Waals surface area contributed by atoms with Crippen LogP contribution in [0.1, 0.15) is 75.5 Å². The summed E-state index contributed by atoms with van der Waals surface area (Å²) in [6, 6.07) is 8.29. The van der Waals surface area contributed by atoms with E-state index >= 15 is 0 Å². The number of hydrogen-bond acceptors (Lipinski definition) is 3. The molecule has 0 aliphatic heterocycles. The summed E-state index contributed by atoms with van der Waals surface area (Å²) in [6.07, 6.45) is 1.29. The number of carboxylic acids is 1. The number of aromatic nitrogens is 3. The average Bonchev–Trinajstić information content (AvgIpc) is 3.07. The smallest absolute Gasteiger partial charge is 0.313 e. The molecular formula is C25H33N3O2. The molecule has 5 heteroatoms. The highest BCUT2D eigenvalue weighted by Crippen LogP contribution is 2.40. The van der Waals surface area contributed by atoms with Crippen molar-refractivity contribution in [3.8, 4) is 11.3 Å². The summed E-state index contributed by atoms with van der Waals surface area (Å²) in [5.74, 6) is -0.832. The first-order chi connectivity index (χ1) is 13.9. The Hall–Kier alpha value is -2.69. The van der Waals surface area contributed by atoms with E-state index in [1.54, 1.807) is 0 Å². The molecule has 160 valence electrons. The van der Waals surface area contributed by atoms with E-state index in [0.29, 0.717) is 6.42 Å². The van der Waals surface area contributed by atoms with Crippen LogP contribution in [-0.4, -0.2) is 25.7 Å². The second-order valence-corrected chi connectivity index (χ2v) is 9.66. The Morgan fingerprint density at radius 3 is 2.27 bits per heavy atom. The Bertz CT molecular complexity index is 1120. The van der Waals surface area contributed by atoms with Crippen molar-refractivity contribution in [3.05, 3.63) is 52.3 Å². The first kappa shape index (κ1) is 22.0. The van der Waals surface area contributed by atoms with Crippen LogP contribution in [0, 0.1) is 20.8 Å². The maximum absolute atomic E-state index is 12.5. The SMILES string of the molecule is CCCC(C)(C(=O)O)c1c(C)nc2cc(C(C)(C)C)nn2c1-c1ccc(C)c(C)c1. The highest BCUT2D eigenvalue weighted by atomic mass is 16.4. The molecule has 1 atom stereocenters. The number of rotatable bonds is 5. The minimum atomic E-state index is -1.05. The third-order valence-corrected chi connectivity index (χ3v) is 6.11. The predicted molar refractivity (Wildman–Crippen MR) is 121 cm³/mol. The Labute approximate surface area is 179 Å². The normalized spacial score (nSPS) is 14.1. The summed E-state index contributed by atoms with van der Waals surface area (Å²) in [5, 5.41) is 15.2. The molecule has 2 heterocycles. The van der Waals surface area contributed by atoms with E-state index in [0.717, 1.165) is 45.8 Å². The van der Waals surface area contributed by atoms with Gasteiger partial charge in [-0.3, -0.25) is 4.79 Å². The van der Waals surface area contributed by atoms with Crippen molar-refractivity contribution in [2.75, 3.05) is 0 Å². The molecule has 3 aromatic rings. The van der Waals surface area contributed by atoms with Crippen LogP contribution in [0.25, 0.3) is 16.9 Å². The van der Waals surface area contributed by atoms with Gasteiger partial charge in [0.1, 0.15) is 0 Å². The molecule has 0 fully saturated rings. The fourth-order valence-corrected chi connectivity index (χ4v) is 4.14. The lowest BCUT2D eigenvalue weighted by Crippen LogP contribution is -2.35. The van der Waals surface area contributed by atoms with Gasteiger partial charge in [0.05, 0.1) is 16.8 Å². The second kappa shape index (κ2) is 7.53. The van der Waals surface area contributed by atoms with Gasteiger partial charge in [-0.1, -0.05) is 46.2 Å². The second-order valence-electron chi connectivity index (χ2n) is 9.66. The molecule has 1 aromatic carbocycles. The van der Waals surface area contributed by atoms with E-state index in [2.05, 4.69) is 52.8 Å². The summed E-state index contributed by atoms with van der Waals surface area (Å²) in [5.41, 5.74) is 6.15. The van der Waals surface area contributed by atoms with Crippen LogP contribution >= 0.6 is 0 Å². The van der Waals surface area contributed by atoms with E-state index < -0.39 is 11.4 Å². The molecule has 1 N–H and O–H groups in total. The Morgan fingerprint density at radius 1 is 1.07 bits per heavy atom. The molecule has 0 spiro atoms. The molecule has 0 aliphatic rings. The minimum Gasteiger partial charge on any atom is -0.481 e. The van der Waals surface area contributed by atoms with Crippen molar-refractivity contribution in [1.82, 2.24) is 14.6 Å². The van der Waals surface area contributed by atoms with Crippen molar-refractivity contribution in [2.45, 2.75) is 79.1 Å². The quantitative estimate of drug-likeness (QED) is 0.584. The van der Waals surface area contributed by atoms with E-state index in [1.165, 1.54) is 5.56 Å². The molecule has 5 nitrogen and oxygen atoms in total. The van der Waals surface area contributed by atoms with Gasteiger partial charge in [0, 0.05) is 28.3 Å². The number of fused-ring (bicyclic) bond motifs is 1. The van der Waals surface area contributed by atoms with Gasteiger partial charge < -0.3 is 5.11 Å². The van der Waals surface area contributed by atoms with Crippen molar-refractivity contribution < 1.29 is 9.90 Å². The van der Waals surface area contributed by atoms with Gasteiger partial charge in [0.25, 0.3) is 0 Å². The predicted octanol–water partition coefficient (Wildman–Crippen LogP) is 5.76. The van der Waals surface area contributed by atoms with Crippen molar-refractivity contribution in [3.63, 3.8) is 0 Å². The maximum Gasteiger partial charge on any atom is 0.313 e. The van der Waals surface area contributed by atoms with Gasteiger partial charge in [0.15, 0.2) is 5.65 Å². The summed E-state index contributed by atoms with van der Waals surface area (Å²) in [4.78, 5) is 17.3.